The summed E-state index contributed by atoms with van der Waals surface area (Å²) in [4.78, 5) is 14.0. The number of carbonyl (C=O) groups is 1. The molecule has 0 atom stereocenters. The minimum Gasteiger partial charge on any atom is -0.484 e. The van der Waals surface area contributed by atoms with E-state index in [1.807, 2.05) is 0 Å². The molecule has 1 amide bonds. The molecule has 1 heterocycles. The van der Waals surface area contributed by atoms with Gasteiger partial charge in [-0.2, -0.15) is 0 Å². The molecule has 0 spiro atoms. The van der Waals surface area contributed by atoms with Crippen LogP contribution >= 0.6 is 0 Å². The fraction of sp³-hybridized carbons (Fsp3) is 0.611. The zero-order valence-electron chi connectivity index (χ0n) is 14.9. The van der Waals surface area contributed by atoms with E-state index in [2.05, 4.69) is 4.72 Å². The summed E-state index contributed by atoms with van der Waals surface area (Å²) in [7, 11) is -3.52. The Morgan fingerprint density at radius 3 is 2.42 bits per heavy atom. The highest BCUT2D eigenvalue weighted by Gasteiger charge is 2.22. The molecule has 0 bridgehead atoms. The van der Waals surface area contributed by atoms with Crippen molar-refractivity contribution in [2.45, 2.75) is 43.0 Å². The number of nitrogens with one attached hydrogen (secondary N) is 1. The molecule has 1 saturated carbocycles. The predicted molar refractivity (Wildman–Crippen MR) is 96.5 cm³/mol. The molecule has 2 fully saturated rings. The predicted octanol–water partition coefficient (Wildman–Crippen LogP) is 1.54. The molecule has 26 heavy (non-hydrogen) atoms. The number of morpholine rings is 1. The second-order valence-electron chi connectivity index (χ2n) is 6.71. The molecule has 144 valence electrons. The number of nitrogens with zero attached hydrogens (tertiary/aromatic N) is 1. The van der Waals surface area contributed by atoms with Crippen molar-refractivity contribution in [3.8, 4) is 5.75 Å². The molecule has 7 nitrogen and oxygen atoms in total. The van der Waals surface area contributed by atoms with Gasteiger partial charge in [0.25, 0.3) is 5.91 Å². The number of hydrogen-bond acceptors (Lipinski definition) is 5. The van der Waals surface area contributed by atoms with Gasteiger partial charge in [-0.25, -0.2) is 13.1 Å². The van der Waals surface area contributed by atoms with Crippen molar-refractivity contribution in [2.24, 2.45) is 0 Å². The van der Waals surface area contributed by atoms with Crippen LogP contribution < -0.4 is 9.46 Å². The maximum atomic E-state index is 12.5. The highest BCUT2D eigenvalue weighted by Crippen LogP contribution is 2.21. The van der Waals surface area contributed by atoms with E-state index in [1.165, 1.54) is 18.6 Å². The van der Waals surface area contributed by atoms with E-state index in [9.17, 15) is 13.2 Å². The lowest BCUT2D eigenvalue weighted by molar-refractivity contribution is -0.137. The van der Waals surface area contributed by atoms with Crippen molar-refractivity contribution >= 4 is 15.9 Å². The van der Waals surface area contributed by atoms with Crippen LogP contribution in [0.15, 0.2) is 29.2 Å². The van der Waals surface area contributed by atoms with E-state index in [0.29, 0.717) is 32.1 Å². The summed E-state index contributed by atoms with van der Waals surface area (Å²) in [6.45, 7) is 2.18. The molecule has 0 unspecified atom stereocenters. The fourth-order valence-electron chi connectivity index (χ4n) is 3.27. The van der Waals surface area contributed by atoms with Gasteiger partial charge in [0.1, 0.15) is 5.75 Å². The van der Waals surface area contributed by atoms with Gasteiger partial charge in [0.2, 0.25) is 10.0 Å². The van der Waals surface area contributed by atoms with Gasteiger partial charge in [-0.05, 0) is 37.1 Å². The summed E-state index contributed by atoms with van der Waals surface area (Å²) < 4.78 is 38.4. The summed E-state index contributed by atoms with van der Waals surface area (Å²) in [6, 6.07) is 6.22. The Hall–Kier alpha value is -1.64. The quantitative estimate of drug-likeness (QED) is 0.807. The van der Waals surface area contributed by atoms with Gasteiger partial charge >= 0.3 is 0 Å². The summed E-state index contributed by atoms with van der Waals surface area (Å²) in [5.74, 6) is 0.382. The Labute approximate surface area is 154 Å². The van der Waals surface area contributed by atoms with Crippen LogP contribution in [0.3, 0.4) is 0 Å². The van der Waals surface area contributed by atoms with Gasteiger partial charge in [-0.3, -0.25) is 4.79 Å². The smallest absolute Gasteiger partial charge is 0.260 e. The number of carbonyl (C=O) groups excluding carboxylic acids is 1. The Morgan fingerprint density at radius 2 is 1.77 bits per heavy atom. The van der Waals surface area contributed by atoms with E-state index >= 15 is 0 Å². The number of rotatable bonds is 6. The first-order chi connectivity index (χ1) is 12.5. The number of hydrogen-bond donors (Lipinski definition) is 1. The Morgan fingerprint density at radius 1 is 1.12 bits per heavy atom. The van der Waals surface area contributed by atoms with Crippen LogP contribution in [0, 0.1) is 0 Å². The molecule has 1 saturated heterocycles. The van der Waals surface area contributed by atoms with Gasteiger partial charge in [0.15, 0.2) is 6.61 Å². The Kier molecular flexibility index (Phi) is 6.50. The SMILES string of the molecule is O=C(COc1ccc(S(=O)(=O)NC2CCCCC2)cc1)N1CCOCC1. The molecule has 2 aliphatic rings. The van der Waals surface area contributed by atoms with Crippen LogP contribution in [-0.4, -0.2) is 58.2 Å². The van der Waals surface area contributed by atoms with Crippen LogP contribution in [0.5, 0.6) is 5.75 Å². The molecule has 3 rings (SSSR count). The number of ether oxygens (including phenoxy) is 2. The van der Waals surface area contributed by atoms with E-state index in [-0.39, 0.29) is 23.5 Å². The standard InChI is InChI=1S/C18H26N2O5S/c21-18(20-10-12-24-13-11-20)14-25-16-6-8-17(9-7-16)26(22,23)19-15-4-2-1-3-5-15/h6-9,15,19H,1-5,10-14H2. The van der Waals surface area contributed by atoms with Crippen molar-refractivity contribution in [3.63, 3.8) is 0 Å². The summed E-state index contributed by atoms with van der Waals surface area (Å²) in [6.07, 6.45) is 5.09. The monoisotopic (exact) mass is 382 g/mol. The van der Waals surface area contributed by atoms with Crippen molar-refractivity contribution in [1.29, 1.82) is 0 Å². The normalized spacial score (nSPS) is 19.3. The van der Waals surface area contributed by atoms with Crippen LogP contribution in [0.4, 0.5) is 0 Å². The third-order valence-corrected chi connectivity index (χ3v) is 6.32. The van der Waals surface area contributed by atoms with E-state index in [0.717, 1.165) is 25.7 Å². The van der Waals surface area contributed by atoms with Crippen LogP contribution in [-0.2, 0) is 19.6 Å². The second-order valence-corrected chi connectivity index (χ2v) is 8.42. The first kappa shape index (κ1) is 19.1. The fourth-order valence-corrected chi connectivity index (χ4v) is 4.58. The zero-order chi connectivity index (χ0) is 18.4. The molecule has 1 N–H and O–H groups in total. The number of benzene rings is 1. The Bertz CT molecular complexity index is 693. The molecule has 1 aliphatic carbocycles. The third-order valence-electron chi connectivity index (χ3n) is 4.79. The van der Waals surface area contributed by atoms with Crippen molar-refractivity contribution in [1.82, 2.24) is 9.62 Å². The van der Waals surface area contributed by atoms with Crippen molar-refractivity contribution in [3.05, 3.63) is 24.3 Å². The number of amides is 1. The topological polar surface area (TPSA) is 84.9 Å². The molecule has 8 heteroatoms. The van der Waals surface area contributed by atoms with E-state index in [1.54, 1.807) is 17.0 Å². The molecule has 1 aromatic carbocycles. The summed E-state index contributed by atoms with van der Waals surface area (Å²) in [5, 5.41) is 0. The van der Waals surface area contributed by atoms with Crippen molar-refractivity contribution in [2.75, 3.05) is 32.9 Å². The van der Waals surface area contributed by atoms with Crippen LogP contribution in [0.1, 0.15) is 32.1 Å². The average Bonchev–Trinajstić information content (AvgIpc) is 2.67. The van der Waals surface area contributed by atoms with Crippen LogP contribution in [0.2, 0.25) is 0 Å². The van der Waals surface area contributed by atoms with Gasteiger partial charge in [-0.15, -0.1) is 0 Å². The minimum atomic E-state index is -3.52. The van der Waals surface area contributed by atoms with Gasteiger partial charge in [0.05, 0.1) is 18.1 Å². The molecule has 0 aromatic heterocycles. The zero-order valence-corrected chi connectivity index (χ0v) is 15.7. The lowest BCUT2D eigenvalue weighted by Crippen LogP contribution is -2.42. The largest absolute Gasteiger partial charge is 0.484 e. The van der Waals surface area contributed by atoms with Crippen LogP contribution in [0.25, 0.3) is 0 Å². The molecular formula is C18H26N2O5S. The lowest BCUT2D eigenvalue weighted by Gasteiger charge is -2.26. The van der Waals surface area contributed by atoms with Gasteiger partial charge < -0.3 is 14.4 Å². The summed E-state index contributed by atoms with van der Waals surface area (Å²) >= 11 is 0. The molecule has 1 aromatic rings. The third kappa shape index (κ3) is 5.18. The minimum absolute atomic E-state index is 0.0239. The van der Waals surface area contributed by atoms with Gasteiger partial charge in [-0.1, -0.05) is 19.3 Å². The molecular weight excluding hydrogens is 356 g/mol. The second kappa shape index (κ2) is 8.83. The summed E-state index contributed by atoms with van der Waals surface area (Å²) in [5.41, 5.74) is 0. The van der Waals surface area contributed by atoms with Gasteiger partial charge in [0, 0.05) is 19.1 Å². The molecule has 0 radical (unpaired) electrons. The van der Waals surface area contributed by atoms with E-state index < -0.39 is 10.0 Å². The first-order valence-corrected chi connectivity index (χ1v) is 10.6. The maximum absolute atomic E-state index is 12.5. The highest BCUT2D eigenvalue weighted by molar-refractivity contribution is 7.89. The molecule has 1 aliphatic heterocycles. The lowest BCUT2D eigenvalue weighted by atomic mass is 9.96. The maximum Gasteiger partial charge on any atom is 0.260 e. The average molecular weight is 382 g/mol. The number of sulfonamides is 1. The Balaban J connectivity index is 1.53. The van der Waals surface area contributed by atoms with Crippen molar-refractivity contribution < 1.29 is 22.7 Å². The first-order valence-electron chi connectivity index (χ1n) is 9.15. The van der Waals surface area contributed by atoms with E-state index in [4.69, 9.17) is 9.47 Å². The highest BCUT2D eigenvalue weighted by atomic mass is 32.2.